The summed E-state index contributed by atoms with van der Waals surface area (Å²) in [5.74, 6) is 0.102. The van der Waals surface area contributed by atoms with Crippen molar-refractivity contribution in [3.8, 4) is 0 Å². The van der Waals surface area contributed by atoms with Crippen molar-refractivity contribution >= 4 is 22.9 Å². The number of carbonyl (C=O) groups is 1. The van der Waals surface area contributed by atoms with Crippen LogP contribution in [0, 0.1) is 0 Å². The summed E-state index contributed by atoms with van der Waals surface area (Å²) in [4.78, 5) is 17.2. The van der Waals surface area contributed by atoms with Crippen molar-refractivity contribution in [1.82, 2.24) is 15.1 Å². The molecule has 1 saturated heterocycles. The summed E-state index contributed by atoms with van der Waals surface area (Å²) >= 11 is 1.73. The summed E-state index contributed by atoms with van der Waals surface area (Å²) in [5.41, 5.74) is 5.69. The van der Waals surface area contributed by atoms with Crippen LogP contribution in [-0.2, 0) is 6.54 Å². The zero-order valence-corrected chi connectivity index (χ0v) is 20.4. The largest absolute Gasteiger partial charge is 0.381 e. The highest BCUT2D eigenvalue weighted by atomic mass is 32.1. The van der Waals surface area contributed by atoms with Gasteiger partial charge in [0.15, 0.2) is 0 Å². The molecular formula is C27H34N4OS. The van der Waals surface area contributed by atoms with E-state index in [1.807, 2.05) is 30.9 Å². The van der Waals surface area contributed by atoms with Gasteiger partial charge in [0.2, 0.25) is 0 Å². The average Bonchev–Trinajstić information content (AvgIpc) is 3.39. The van der Waals surface area contributed by atoms with Crippen molar-refractivity contribution in [2.75, 3.05) is 44.6 Å². The maximum atomic E-state index is 12.8. The third kappa shape index (κ3) is 5.82. The highest BCUT2D eigenvalue weighted by Gasteiger charge is 2.24. The van der Waals surface area contributed by atoms with E-state index in [0.717, 1.165) is 57.1 Å². The molecule has 2 aromatic carbocycles. The Hall–Kier alpha value is -2.67. The fourth-order valence-corrected chi connectivity index (χ4v) is 5.14. The molecule has 2 heterocycles. The first-order valence-electron chi connectivity index (χ1n) is 11.9. The molecule has 3 aromatic rings. The van der Waals surface area contributed by atoms with Crippen LogP contribution in [0.15, 0.2) is 65.4 Å². The van der Waals surface area contributed by atoms with Crippen molar-refractivity contribution in [3.63, 3.8) is 0 Å². The molecule has 1 amide bonds. The number of nitrogens with zero attached hydrogens (tertiary/aromatic N) is 2. The monoisotopic (exact) mass is 462 g/mol. The number of amides is 1. The molecule has 1 atom stereocenters. The minimum Gasteiger partial charge on any atom is -0.381 e. The maximum absolute atomic E-state index is 12.8. The van der Waals surface area contributed by atoms with Gasteiger partial charge in [-0.25, -0.2) is 0 Å². The summed E-state index contributed by atoms with van der Waals surface area (Å²) in [7, 11) is 0. The fraction of sp³-hybridized carbons (Fsp3) is 0.370. The zero-order valence-electron chi connectivity index (χ0n) is 19.6. The van der Waals surface area contributed by atoms with Crippen LogP contribution >= 0.6 is 11.3 Å². The van der Waals surface area contributed by atoms with Gasteiger partial charge in [-0.1, -0.05) is 24.3 Å². The van der Waals surface area contributed by atoms with Gasteiger partial charge in [-0.05, 0) is 71.6 Å². The minimum absolute atomic E-state index is 0.102. The molecule has 1 aliphatic heterocycles. The highest BCUT2D eigenvalue weighted by molar-refractivity contribution is 7.07. The number of benzene rings is 2. The van der Waals surface area contributed by atoms with Gasteiger partial charge in [0.1, 0.15) is 0 Å². The number of hydrogen-bond acceptors (Lipinski definition) is 5. The van der Waals surface area contributed by atoms with Gasteiger partial charge in [0, 0.05) is 57.1 Å². The van der Waals surface area contributed by atoms with Crippen LogP contribution in [0.3, 0.4) is 0 Å². The summed E-state index contributed by atoms with van der Waals surface area (Å²) in [6.45, 7) is 10.3. The molecule has 6 heteroatoms. The summed E-state index contributed by atoms with van der Waals surface area (Å²) in [6.07, 6.45) is 0. The Bertz CT molecular complexity index is 1010. The van der Waals surface area contributed by atoms with Crippen molar-refractivity contribution in [1.29, 1.82) is 0 Å². The molecule has 0 radical (unpaired) electrons. The predicted molar refractivity (Wildman–Crippen MR) is 138 cm³/mol. The van der Waals surface area contributed by atoms with E-state index in [4.69, 9.17) is 0 Å². The smallest absolute Gasteiger partial charge is 0.253 e. The normalized spacial score (nSPS) is 15.2. The van der Waals surface area contributed by atoms with Crippen molar-refractivity contribution in [2.45, 2.75) is 26.4 Å². The Labute approximate surface area is 201 Å². The molecule has 0 aliphatic carbocycles. The van der Waals surface area contributed by atoms with Crippen LogP contribution in [0.4, 0.5) is 5.69 Å². The van der Waals surface area contributed by atoms with Crippen LogP contribution in [0.2, 0.25) is 0 Å². The first-order chi connectivity index (χ1) is 16.2. The van der Waals surface area contributed by atoms with Gasteiger partial charge in [-0.3, -0.25) is 9.69 Å². The van der Waals surface area contributed by atoms with E-state index in [0.29, 0.717) is 0 Å². The van der Waals surface area contributed by atoms with Crippen LogP contribution < -0.4 is 10.6 Å². The van der Waals surface area contributed by atoms with E-state index in [1.165, 1.54) is 16.7 Å². The summed E-state index contributed by atoms with van der Waals surface area (Å²) < 4.78 is 0. The van der Waals surface area contributed by atoms with Gasteiger partial charge in [-0.2, -0.15) is 11.3 Å². The molecule has 1 fully saturated rings. The van der Waals surface area contributed by atoms with Crippen molar-refractivity contribution < 1.29 is 4.79 Å². The van der Waals surface area contributed by atoms with Crippen LogP contribution in [-0.4, -0.2) is 55.0 Å². The van der Waals surface area contributed by atoms with Gasteiger partial charge < -0.3 is 15.5 Å². The maximum Gasteiger partial charge on any atom is 0.253 e. The lowest BCUT2D eigenvalue weighted by atomic mass is 9.95. The van der Waals surface area contributed by atoms with E-state index in [-0.39, 0.29) is 11.9 Å². The summed E-state index contributed by atoms with van der Waals surface area (Å²) in [6, 6.07) is 19.3. The van der Waals surface area contributed by atoms with Gasteiger partial charge in [0.05, 0.1) is 6.04 Å². The van der Waals surface area contributed by atoms with E-state index in [9.17, 15) is 4.79 Å². The second kappa shape index (κ2) is 11.5. The number of carbonyl (C=O) groups excluding carboxylic acids is 1. The predicted octanol–water partition coefficient (Wildman–Crippen LogP) is 4.84. The number of anilines is 1. The number of hydrogen-bond donors (Lipinski definition) is 2. The molecule has 0 bridgehead atoms. The van der Waals surface area contributed by atoms with E-state index < -0.39 is 0 Å². The molecule has 2 N–H and O–H groups in total. The Morgan fingerprint density at radius 3 is 2.48 bits per heavy atom. The molecule has 5 nitrogen and oxygen atoms in total. The lowest BCUT2D eigenvalue weighted by Gasteiger charge is -2.36. The van der Waals surface area contributed by atoms with Crippen molar-refractivity contribution in [3.05, 3.63) is 87.6 Å². The van der Waals surface area contributed by atoms with Crippen LogP contribution in [0.25, 0.3) is 0 Å². The first-order valence-corrected chi connectivity index (χ1v) is 12.8. The Kier molecular flexibility index (Phi) is 8.15. The number of thiophene rings is 1. The van der Waals surface area contributed by atoms with Crippen molar-refractivity contribution in [2.24, 2.45) is 0 Å². The van der Waals surface area contributed by atoms with E-state index in [2.05, 4.69) is 68.8 Å². The molecule has 1 aliphatic rings. The number of piperazine rings is 1. The molecule has 0 unspecified atom stereocenters. The quantitative estimate of drug-likeness (QED) is 0.478. The van der Waals surface area contributed by atoms with E-state index in [1.54, 1.807) is 11.3 Å². The first kappa shape index (κ1) is 23.5. The Morgan fingerprint density at radius 1 is 1.06 bits per heavy atom. The standard InChI is InChI=1S/C27H34N4OS/c1-3-30(4-2)27(32)23-10-8-22(9-11-23)26(31-15-13-28-14-16-31)24-6-5-7-25(18-24)29-19-21-12-17-33-20-21/h5-12,17-18,20,26,28-29H,3-4,13-16,19H2,1-2H3/t26-/m1/s1. The Morgan fingerprint density at radius 2 is 1.82 bits per heavy atom. The third-order valence-corrected chi connectivity index (χ3v) is 7.05. The molecule has 4 rings (SSSR count). The highest BCUT2D eigenvalue weighted by Crippen LogP contribution is 2.31. The zero-order chi connectivity index (χ0) is 23.0. The SMILES string of the molecule is CCN(CC)C(=O)c1ccc([C@H](c2cccc(NCc3ccsc3)c2)N2CCNCC2)cc1. The second-order valence-electron chi connectivity index (χ2n) is 8.40. The molecular weight excluding hydrogens is 428 g/mol. The Balaban J connectivity index is 1.59. The third-order valence-electron chi connectivity index (χ3n) is 6.32. The van der Waals surface area contributed by atoms with Gasteiger partial charge in [-0.15, -0.1) is 0 Å². The number of rotatable bonds is 9. The molecule has 1 aromatic heterocycles. The number of nitrogens with one attached hydrogen (secondary N) is 2. The van der Waals surface area contributed by atoms with Gasteiger partial charge >= 0.3 is 0 Å². The lowest BCUT2D eigenvalue weighted by molar-refractivity contribution is 0.0773. The minimum atomic E-state index is 0.102. The second-order valence-corrected chi connectivity index (χ2v) is 9.18. The van der Waals surface area contributed by atoms with Gasteiger partial charge in [0.25, 0.3) is 5.91 Å². The molecule has 174 valence electrons. The molecule has 0 saturated carbocycles. The topological polar surface area (TPSA) is 47.6 Å². The van der Waals surface area contributed by atoms with Crippen LogP contribution in [0.1, 0.15) is 46.9 Å². The average molecular weight is 463 g/mol. The van der Waals surface area contributed by atoms with Crippen LogP contribution in [0.5, 0.6) is 0 Å². The van der Waals surface area contributed by atoms with E-state index >= 15 is 0 Å². The molecule has 0 spiro atoms. The summed E-state index contributed by atoms with van der Waals surface area (Å²) in [5, 5.41) is 11.3. The fourth-order valence-electron chi connectivity index (χ4n) is 4.47. The molecule has 33 heavy (non-hydrogen) atoms. The lowest BCUT2D eigenvalue weighted by Crippen LogP contribution is -2.45.